The van der Waals surface area contributed by atoms with Crippen LogP contribution < -0.4 is 10.6 Å². The van der Waals surface area contributed by atoms with Gasteiger partial charge in [-0.3, -0.25) is 19.1 Å². The summed E-state index contributed by atoms with van der Waals surface area (Å²) < 4.78 is 38.1. The third kappa shape index (κ3) is 11.0. The first-order valence-corrected chi connectivity index (χ1v) is 13.2. The number of nitrogens with one attached hydrogen (secondary N) is 2. The van der Waals surface area contributed by atoms with Gasteiger partial charge in [-0.15, -0.1) is 0 Å². The fourth-order valence-electron chi connectivity index (χ4n) is 3.02. The van der Waals surface area contributed by atoms with Crippen LogP contribution in [0.3, 0.4) is 0 Å². The van der Waals surface area contributed by atoms with Crippen LogP contribution in [0.2, 0.25) is 0 Å². The number of nitrogens with zero attached hydrogens (tertiary/aromatic N) is 2. The highest BCUT2D eigenvalue weighted by Crippen LogP contribution is 2.20. The third-order valence-electron chi connectivity index (χ3n) is 4.77. The second-order valence-electron chi connectivity index (χ2n) is 10.6. The lowest BCUT2D eigenvalue weighted by molar-refractivity contribution is -0.385. The van der Waals surface area contributed by atoms with Crippen LogP contribution in [0.4, 0.5) is 10.5 Å². The van der Waals surface area contributed by atoms with E-state index in [1.165, 1.54) is 18.2 Å². The fourth-order valence-corrected chi connectivity index (χ4v) is 4.00. The first kappa shape index (κ1) is 30.4. The monoisotopic (exact) mass is 544 g/mol. The van der Waals surface area contributed by atoms with Crippen molar-refractivity contribution in [2.24, 2.45) is 0 Å². The van der Waals surface area contributed by atoms with Crippen LogP contribution >= 0.6 is 0 Å². The van der Waals surface area contributed by atoms with Crippen molar-refractivity contribution in [1.82, 2.24) is 15.5 Å². The molecule has 1 aromatic carbocycles. The summed E-state index contributed by atoms with van der Waals surface area (Å²) in [7, 11) is -3.96. The van der Waals surface area contributed by atoms with E-state index in [0.717, 1.165) is 6.07 Å². The predicted octanol–water partition coefficient (Wildman–Crippen LogP) is 1.81. The van der Waals surface area contributed by atoms with Crippen LogP contribution in [-0.2, 0) is 28.6 Å². The van der Waals surface area contributed by atoms with Crippen molar-refractivity contribution in [3.63, 3.8) is 0 Å². The summed E-state index contributed by atoms with van der Waals surface area (Å²) in [5.41, 5.74) is -1.10. The first-order chi connectivity index (χ1) is 17.0. The summed E-state index contributed by atoms with van der Waals surface area (Å²) in [5.74, 6) is -0.0919. The van der Waals surface area contributed by atoms with Crippen LogP contribution in [0.1, 0.15) is 41.5 Å². The Morgan fingerprint density at radius 2 is 1.89 bits per heavy atom. The fraction of sp³-hybridized carbons (Fsp3) is 0.652. The topological polar surface area (TPSA) is 170 Å². The molecule has 0 radical (unpaired) electrons. The van der Waals surface area contributed by atoms with Gasteiger partial charge < -0.3 is 25.0 Å². The Hall–Kier alpha value is -2.81. The van der Waals surface area contributed by atoms with Crippen molar-refractivity contribution >= 4 is 27.8 Å². The molecule has 2 saturated heterocycles. The average Bonchev–Trinajstić information content (AvgIpc) is 3.61. The molecule has 3 rings (SSSR count). The van der Waals surface area contributed by atoms with Crippen LogP contribution in [-0.4, -0.2) is 86.4 Å². The van der Waals surface area contributed by atoms with Crippen molar-refractivity contribution in [1.29, 1.82) is 0 Å². The van der Waals surface area contributed by atoms with Crippen molar-refractivity contribution in [2.75, 3.05) is 32.8 Å². The lowest BCUT2D eigenvalue weighted by atomic mass is 10.1. The molecule has 208 valence electrons. The predicted molar refractivity (Wildman–Crippen MR) is 133 cm³/mol. The number of non-ortho nitro benzene ring substituents is 1. The number of epoxide rings is 1. The van der Waals surface area contributed by atoms with Gasteiger partial charge in [0.05, 0.1) is 18.1 Å². The van der Waals surface area contributed by atoms with E-state index in [4.69, 9.17) is 13.7 Å². The molecule has 2 aliphatic heterocycles. The normalized spacial score (nSPS) is 19.8. The minimum Gasteiger partial charge on any atom is -0.444 e. The SMILES string of the molecule is CC(C)(C)NC(=O)[C@@H]1CN(C(=O)OC(C)(C)C)CCN1.O=[N+]([O-])c1cccc(S(=O)(=O)OCC2CO2)c1. The molecule has 0 spiro atoms. The molecular formula is C23H36N4O9S. The highest BCUT2D eigenvalue weighted by Gasteiger charge is 2.32. The van der Waals surface area contributed by atoms with E-state index in [1.807, 2.05) is 41.5 Å². The first-order valence-electron chi connectivity index (χ1n) is 11.8. The zero-order valence-corrected chi connectivity index (χ0v) is 22.8. The Bertz CT molecular complexity index is 1040. The number of nitro benzene ring substituents is 1. The van der Waals surface area contributed by atoms with Gasteiger partial charge in [0.1, 0.15) is 22.6 Å². The van der Waals surface area contributed by atoms with Crippen LogP contribution in [0.5, 0.6) is 0 Å². The summed E-state index contributed by atoms with van der Waals surface area (Å²) in [6, 6.07) is 4.32. The number of ether oxygens (including phenoxy) is 2. The van der Waals surface area contributed by atoms with E-state index in [1.54, 1.807) is 4.90 Å². The van der Waals surface area contributed by atoms with Gasteiger partial charge in [-0.2, -0.15) is 8.42 Å². The van der Waals surface area contributed by atoms with Crippen molar-refractivity contribution in [3.05, 3.63) is 34.4 Å². The molecule has 0 aromatic heterocycles. The third-order valence-corrected chi connectivity index (χ3v) is 6.05. The maximum atomic E-state index is 12.1. The van der Waals surface area contributed by atoms with Crippen molar-refractivity contribution in [2.45, 2.75) is 69.7 Å². The van der Waals surface area contributed by atoms with Crippen molar-refractivity contribution < 1.29 is 36.6 Å². The van der Waals surface area contributed by atoms with E-state index in [9.17, 15) is 28.1 Å². The molecule has 0 aliphatic carbocycles. The Morgan fingerprint density at radius 1 is 1.24 bits per heavy atom. The largest absolute Gasteiger partial charge is 0.444 e. The van der Waals surface area contributed by atoms with Crippen LogP contribution in [0, 0.1) is 10.1 Å². The summed E-state index contributed by atoms with van der Waals surface area (Å²) in [4.78, 5) is 35.3. The summed E-state index contributed by atoms with van der Waals surface area (Å²) >= 11 is 0. The number of carbonyl (C=O) groups excluding carboxylic acids is 2. The molecule has 2 aliphatic rings. The number of nitro groups is 1. The quantitative estimate of drug-likeness (QED) is 0.233. The average molecular weight is 545 g/mol. The van der Waals surface area contributed by atoms with Crippen LogP contribution in [0.15, 0.2) is 29.2 Å². The number of hydrogen-bond acceptors (Lipinski definition) is 10. The molecule has 2 heterocycles. The Morgan fingerprint density at radius 3 is 2.43 bits per heavy atom. The second kappa shape index (κ2) is 12.2. The van der Waals surface area contributed by atoms with Gasteiger partial charge in [0.2, 0.25) is 5.91 Å². The van der Waals surface area contributed by atoms with E-state index in [0.29, 0.717) is 26.2 Å². The molecule has 13 nitrogen and oxygen atoms in total. The van der Waals surface area contributed by atoms with Gasteiger partial charge >= 0.3 is 6.09 Å². The van der Waals surface area contributed by atoms with Gasteiger partial charge in [0.15, 0.2) is 0 Å². The molecule has 2 amide bonds. The van der Waals surface area contributed by atoms with Crippen molar-refractivity contribution in [3.8, 4) is 0 Å². The highest BCUT2D eigenvalue weighted by atomic mass is 32.2. The van der Waals surface area contributed by atoms with Crippen LogP contribution in [0.25, 0.3) is 0 Å². The molecular weight excluding hydrogens is 508 g/mol. The number of benzene rings is 1. The zero-order valence-electron chi connectivity index (χ0n) is 22.0. The number of carbonyl (C=O) groups is 2. The van der Waals surface area contributed by atoms with Gasteiger partial charge in [0, 0.05) is 37.3 Å². The maximum absolute atomic E-state index is 12.1. The summed E-state index contributed by atoms with van der Waals surface area (Å²) in [6.45, 7) is 13.2. The lowest BCUT2D eigenvalue weighted by Gasteiger charge is -2.35. The Labute approximate surface area is 217 Å². The minimum absolute atomic E-state index is 0.0645. The molecule has 1 unspecified atom stereocenters. The zero-order chi connectivity index (χ0) is 28.0. The second-order valence-corrected chi connectivity index (χ2v) is 12.2. The van der Waals surface area contributed by atoms with E-state index < -0.39 is 26.7 Å². The number of piperazine rings is 1. The molecule has 37 heavy (non-hydrogen) atoms. The van der Waals surface area contributed by atoms with E-state index in [2.05, 4.69) is 10.6 Å². The number of amides is 2. The van der Waals surface area contributed by atoms with Gasteiger partial charge in [-0.1, -0.05) is 6.07 Å². The molecule has 2 fully saturated rings. The van der Waals surface area contributed by atoms with Gasteiger partial charge in [-0.05, 0) is 47.6 Å². The molecule has 0 bridgehead atoms. The summed E-state index contributed by atoms with van der Waals surface area (Å²) in [6.07, 6.45) is -0.559. The smallest absolute Gasteiger partial charge is 0.410 e. The van der Waals surface area contributed by atoms with E-state index in [-0.39, 0.29) is 40.8 Å². The molecule has 14 heteroatoms. The minimum atomic E-state index is -3.96. The highest BCUT2D eigenvalue weighted by molar-refractivity contribution is 7.86. The number of rotatable bonds is 6. The van der Waals surface area contributed by atoms with Gasteiger partial charge in [-0.25, -0.2) is 4.79 Å². The molecule has 2 atom stereocenters. The Kier molecular flexibility index (Phi) is 9.99. The maximum Gasteiger partial charge on any atom is 0.410 e. The summed E-state index contributed by atoms with van der Waals surface area (Å²) in [5, 5.41) is 16.6. The lowest BCUT2D eigenvalue weighted by Crippen LogP contribution is -2.60. The number of hydrogen-bond donors (Lipinski definition) is 2. The molecule has 2 N–H and O–H groups in total. The van der Waals surface area contributed by atoms with Gasteiger partial charge in [0.25, 0.3) is 15.8 Å². The molecule has 1 aromatic rings. The van der Waals surface area contributed by atoms with E-state index >= 15 is 0 Å². The molecule has 0 saturated carbocycles. The Balaban J connectivity index is 0.000000263. The standard InChI is InChI=1S/C14H27N3O3.C9H9NO6S/c1-13(2,3)16-11(18)10-9-17(8-7-15-10)12(19)20-14(4,5)6;11-10(12)7-2-1-3-9(4-7)17(13,14)16-6-8-5-15-8/h10,15H,7-9H2,1-6H3,(H,16,18);1-4,8H,5-6H2/t10-;/m0./s1.